The molecule has 5 heterocycles. The summed E-state index contributed by atoms with van der Waals surface area (Å²) in [6.07, 6.45) is 5.60. The second-order valence-electron chi connectivity index (χ2n) is 15.6. The van der Waals surface area contributed by atoms with Crippen LogP contribution in [-0.4, -0.2) is 56.7 Å². The number of anilines is 6. The van der Waals surface area contributed by atoms with E-state index in [1.165, 1.54) is 30.3 Å². The minimum Gasteiger partial charge on any atom is -0.373 e. The van der Waals surface area contributed by atoms with Crippen molar-refractivity contribution in [1.82, 2.24) is 29.5 Å². The maximum Gasteiger partial charge on any atom is 0.226 e. The Balaban J connectivity index is 0.000000194. The van der Waals surface area contributed by atoms with E-state index in [2.05, 4.69) is 63.1 Å². The van der Waals surface area contributed by atoms with Crippen LogP contribution in [0.2, 0.25) is 5.28 Å². The molecule has 0 saturated heterocycles. The lowest BCUT2D eigenvalue weighted by atomic mass is 9.78. The molecule has 57 heavy (non-hydrogen) atoms. The molecular weight excluding hydrogens is 749 g/mol. The van der Waals surface area contributed by atoms with Crippen molar-refractivity contribution >= 4 is 46.2 Å². The van der Waals surface area contributed by atoms with Crippen LogP contribution in [0.5, 0.6) is 0 Å². The molecule has 10 nitrogen and oxygen atoms in total. The monoisotopic (exact) mass is 794 g/mol. The molecule has 14 heteroatoms. The van der Waals surface area contributed by atoms with E-state index in [0.29, 0.717) is 17.9 Å². The molecule has 3 aromatic carbocycles. The Labute approximate surface area is 336 Å². The largest absolute Gasteiger partial charge is 0.373 e. The van der Waals surface area contributed by atoms with Gasteiger partial charge in [0.05, 0.1) is 17.7 Å². The van der Waals surface area contributed by atoms with Gasteiger partial charge in [-0.2, -0.15) is 4.98 Å². The Bertz CT molecular complexity index is 2400. The van der Waals surface area contributed by atoms with Crippen molar-refractivity contribution in [2.45, 2.75) is 64.7 Å². The fraction of sp³-hybridized carbons (Fsp3) is 0.326. The summed E-state index contributed by atoms with van der Waals surface area (Å²) in [4.78, 5) is 26.8. The fourth-order valence-electron chi connectivity index (χ4n) is 7.59. The lowest BCUT2D eigenvalue weighted by molar-refractivity contribution is 0.462. The highest BCUT2D eigenvalue weighted by Gasteiger charge is 2.38. The number of rotatable bonds is 7. The van der Waals surface area contributed by atoms with Gasteiger partial charge >= 0.3 is 0 Å². The SMILES string of the molecule is CNc1nc(Cc2ccc(-n3cnc(C)c3)c(F)c2)nc2c1C(C)(C)CCN2c1ccc(F)cc1.CNc1nc(Cl)nc2c1C(C)(C)CCN2c1ccc(F)cc1. The highest BCUT2D eigenvalue weighted by molar-refractivity contribution is 6.28. The number of nitrogens with zero attached hydrogens (tertiary/aromatic N) is 8. The number of hydrogen-bond acceptors (Lipinski definition) is 9. The average molecular weight is 795 g/mol. The van der Waals surface area contributed by atoms with E-state index in [1.807, 2.05) is 27.1 Å². The number of aryl methyl sites for hydroxylation is 1. The van der Waals surface area contributed by atoms with Crippen LogP contribution in [0.4, 0.5) is 47.8 Å². The molecule has 2 N–H and O–H groups in total. The van der Waals surface area contributed by atoms with E-state index in [-0.39, 0.29) is 33.6 Å². The number of nitrogens with one attached hydrogen (secondary N) is 2. The van der Waals surface area contributed by atoms with E-state index in [1.54, 1.807) is 47.4 Å². The normalized spacial score (nSPS) is 15.3. The zero-order valence-corrected chi connectivity index (χ0v) is 33.9. The summed E-state index contributed by atoms with van der Waals surface area (Å²) in [5, 5.41) is 6.55. The third kappa shape index (κ3) is 8.11. The third-order valence-corrected chi connectivity index (χ3v) is 10.9. The van der Waals surface area contributed by atoms with Gasteiger partial charge in [-0.3, -0.25) is 0 Å². The smallest absolute Gasteiger partial charge is 0.226 e. The third-order valence-electron chi connectivity index (χ3n) is 10.7. The van der Waals surface area contributed by atoms with Crippen LogP contribution < -0.4 is 20.4 Å². The molecule has 0 spiro atoms. The highest BCUT2D eigenvalue weighted by Crippen LogP contribution is 2.46. The van der Waals surface area contributed by atoms with Crippen molar-refractivity contribution in [2.75, 3.05) is 47.6 Å². The second-order valence-corrected chi connectivity index (χ2v) is 16.0. The van der Waals surface area contributed by atoms with Crippen molar-refractivity contribution in [3.8, 4) is 5.69 Å². The van der Waals surface area contributed by atoms with Gasteiger partial charge in [-0.25, -0.2) is 33.1 Å². The van der Waals surface area contributed by atoms with Gasteiger partial charge in [0, 0.05) is 62.3 Å². The molecule has 296 valence electrons. The molecule has 0 atom stereocenters. The molecule has 2 aliphatic rings. The molecule has 3 aromatic heterocycles. The molecular formula is C43H46ClF3N10. The van der Waals surface area contributed by atoms with Crippen LogP contribution in [0.25, 0.3) is 5.69 Å². The molecule has 6 aromatic rings. The Morgan fingerprint density at radius 1 is 0.702 bits per heavy atom. The number of halogens is 4. The maximum absolute atomic E-state index is 14.9. The summed E-state index contributed by atoms with van der Waals surface area (Å²) in [6.45, 7) is 12.1. The summed E-state index contributed by atoms with van der Waals surface area (Å²) in [5.74, 6) is 2.81. The van der Waals surface area contributed by atoms with E-state index in [0.717, 1.165) is 83.0 Å². The van der Waals surface area contributed by atoms with E-state index >= 15 is 0 Å². The predicted molar refractivity (Wildman–Crippen MR) is 221 cm³/mol. The first kappa shape index (κ1) is 39.5. The Hall–Kier alpha value is -5.69. The van der Waals surface area contributed by atoms with Gasteiger partial charge in [-0.15, -0.1) is 0 Å². The van der Waals surface area contributed by atoms with Gasteiger partial charge < -0.3 is 25.0 Å². The first-order chi connectivity index (χ1) is 27.2. The molecule has 2 aliphatic heterocycles. The topological polar surface area (TPSA) is 99.9 Å². The first-order valence-electron chi connectivity index (χ1n) is 18.9. The van der Waals surface area contributed by atoms with Crippen molar-refractivity contribution in [3.63, 3.8) is 0 Å². The molecule has 0 fully saturated rings. The van der Waals surface area contributed by atoms with Crippen molar-refractivity contribution in [3.05, 3.63) is 130 Å². The fourth-order valence-corrected chi connectivity index (χ4v) is 7.75. The summed E-state index contributed by atoms with van der Waals surface area (Å²) in [6, 6.07) is 18.0. The number of fused-ring (bicyclic) bond motifs is 2. The van der Waals surface area contributed by atoms with Gasteiger partial charge in [0.15, 0.2) is 0 Å². The lowest BCUT2D eigenvalue weighted by Gasteiger charge is -2.40. The molecule has 0 amide bonds. The van der Waals surface area contributed by atoms with Crippen molar-refractivity contribution in [2.24, 2.45) is 0 Å². The Morgan fingerprint density at radius 2 is 1.23 bits per heavy atom. The van der Waals surface area contributed by atoms with E-state index in [4.69, 9.17) is 21.6 Å². The number of hydrogen-bond donors (Lipinski definition) is 2. The zero-order chi connectivity index (χ0) is 40.6. The van der Waals surface area contributed by atoms with Crippen LogP contribution in [0.15, 0.2) is 79.3 Å². The average Bonchev–Trinajstić information content (AvgIpc) is 3.61. The summed E-state index contributed by atoms with van der Waals surface area (Å²) >= 11 is 6.08. The quantitative estimate of drug-likeness (QED) is 0.153. The van der Waals surface area contributed by atoms with Crippen molar-refractivity contribution in [1.29, 1.82) is 0 Å². The van der Waals surface area contributed by atoms with Gasteiger partial charge in [-0.1, -0.05) is 33.8 Å². The van der Waals surface area contributed by atoms with Gasteiger partial charge in [0.2, 0.25) is 5.28 Å². The molecule has 0 unspecified atom stereocenters. The summed E-state index contributed by atoms with van der Waals surface area (Å²) in [5.41, 5.74) is 5.68. The van der Waals surface area contributed by atoms with Crippen LogP contribution in [0.1, 0.15) is 68.7 Å². The Kier molecular flexibility index (Phi) is 10.9. The van der Waals surface area contributed by atoms with Gasteiger partial charge in [-0.05, 0) is 108 Å². The number of benzene rings is 3. The van der Waals surface area contributed by atoms with Crippen LogP contribution in [-0.2, 0) is 17.3 Å². The molecule has 0 radical (unpaired) electrons. The summed E-state index contributed by atoms with van der Waals surface area (Å²) in [7, 11) is 3.67. The Morgan fingerprint density at radius 3 is 1.72 bits per heavy atom. The van der Waals surface area contributed by atoms with Crippen LogP contribution >= 0.6 is 11.6 Å². The van der Waals surface area contributed by atoms with E-state index in [9.17, 15) is 13.2 Å². The lowest BCUT2D eigenvalue weighted by Crippen LogP contribution is -2.36. The van der Waals surface area contributed by atoms with Crippen LogP contribution in [0.3, 0.4) is 0 Å². The van der Waals surface area contributed by atoms with Crippen LogP contribution in [0, 0.1) is 24.4 Å². The predicted octanol–water partition coefficient (Wildman–Crippen LogP) is 9.83. The standard InChI is InChI=1S/C27H28F2N6.C16H18ClFN4/c1-17-15-34(16-31-17)22-10-5-18(13-21(22)29)14-23-32-25(30-4)24-26(33-23)35(12-11-27(24,2)3)20-8-6-19(28)7-9-20;1-16(2)8-9-22(11-6-4-10(18)5-7-11)14-12(16)13(19-3)20-15(17)21-14/h5-10,13,15-16H,11-12,14H2,1-4H3,(H,30,32,33);4-7H,8-9H2,1-3H3,(H,19,20,21). The summed E-state index contributed by atoms with van der Waals surface area (Å²) < 4.78 is 43.4. The van der Waals surface area contributed by atoms with Crippen molar-refractivity contribution < 1.29 is 13.2 Å². The van der Waals surface area contributed by atoms with E-state index < -0.39 is 0 Å². The second kappa shape index (κ2) is 15.7. The molecule has 0 bridgehead atoms. The minimum atomic E-state index is -0.333. The molecule has 0 saturated carbocycles. The molecule has 0 aliphatic carbocycles. The highest BCUT2D eigenvalue weighted by atomic mass is 35.5. The number of aromatic nitrogens is 6. The first-order valence-corrected chi connectivity index (χ1v) is 19.3. The zero-order valence-electron chi connectivity index (χ0n) is 33.1. The van der Waals surface area contributed by atoms with Gasteiger partial charge in [0.1, 0.15) is 46.5 Å². The number of imidazole rings is 1. The maximum atomic E-state index is 14.9. The van der Waals surface area contributed by atoms with Gasteiger partial charge in [0.25, 0.3) is 0 Å². The minimum absolute atomic E-state index is 0.0607. The molecule has 8 rings (SSSR count).